The summed E-state index contributed by atoms with van der Waals surface area (Å²) < 4.78 is 6.84. The van der Waals surface area contributed by atoms with Gasteiger partial charge in [-0.1, -0.05) is 24.3 Å². The molecular weight excluding hydrogens is 252 g/mol. The van der Waals surface area contributed by atoms with Gasteiger partial charge in [0.25, 0.3) is 0 Å². The van der Waals surface area contributed by atoms with E-state index in [4.69, 9.17) is 4.42 Å². The molecule has 0 unspecified atom stereocenters. The van der Waals surface area contributed by atoms with Crippen molar-refractivity contribution in [3.63, 3.8) is 0 Å². The highest BCUT2D eigenvalue weighted by Crippen LogP contribution is 2.22. The van der Waals surface area contributed by atoms with E-state index in [-0.39, 0.29) is 0 Å². The van der Waals surface area contributed by atoms with E-state index in [2.05, 4.69) is 24.2 Å². The second-order valence-corrected chi connectivity index (χ2v) is 4.69. The van der Waals surface area contributed by atoms with Gasteiger partial charge in [0.15, 0.2) is 6.29 Å². The van der Waals surface area contributed by atoms with Gasteiger partial charge in [0.05, 0.1) is 24.6 Å². The lowest BCUT2D eigenvalue weighted by molar-refractivity contribution is 0.112. The number of rotatable bonds is 4. The Morgan fingerprint density at radius 2 is 2.15 bits per heavy atom. The summed E-state index contributed by atoms with van der Waals surface area (Å²) >= 11 is 0. The minimum absolute atomic E-state index is 0.569. The SMILES string of the molecule is Cc1ccccc1Cn1cc(C=O)c(-c2ccoc2)n1. The standard InChI is InChI=1S/C16H14N2O2/c1-12-4-2-3-5-13(12)8-18-9-15(10-19)16(17-18)14-6-7-20-11-14/h2-7,9-11H,8H2,1H3. The quantitative estimate of drug-likeness (QED) is 0.681. The van der Waals surface area contributed by atoms with Gasteiger partial charge in [-0.2, -0.15) is 5.10 Å². The van der Waals surface area contributed by atoms with Crippen molar-refractivity contribution in [1.82, 2.24) is 9.78 Å². The summed E-state index contributed by atoms with van der Waals surface area (Å²) in [5, 5.41) is 4.49. The molecule has 0 fully saturated rings. The van der Waals surface area contributed by atoms with Crippen LogP contribution in [0.25, 0.3) is 11.3 Å². The lowest BCUT2D eigenvalue weighted by Gasteiger charge is -2.05. The Bertz CT molecular complexity index is 727. The molecule has 0 radical (unpaired) electrons. The molecule has 2 heterocycles. The van der Waals surface area contributed by atoms with Crippen molar-refractivity contribution in [3.8, 4) is 11.3 Å². The number of hydrogen-bond acceptors (Lipinski definition) is 3. The maximum absolute atomic E-state index is 11.2. The molecule has 0 bridgehead atoms. The number of aldehydes is 1. The Hall–Kier alpha value is -2.62. The number of benzene rings is 1. The van der Waals surface area contributed by atoms with Gasteiger partial charge < -0.3 is 4.42 Å². The molecule has 4 nitrogen and oxygen atoms in total. The maximum Gasteiger partial charge on any atom is 0.153 e. The van der Waals surface area contributed by atoms with Gasteiger partial charge in [-0.25, -0.2) is 0 Å². The van der Waals surface area contributed by atoms with Crippen LogP contribution in [0.4, 0.5) is 0 Å². The lowest BCUT2D eigenvalue weighted by atomic mass is 10.1. The highest BCUT2D eigenvalue weighted by molar-refractivity contribution is 5.85. The second-order valence-electron chi connectivity index (χ2n) is 4.69. The monoisotopic (exact) mass is 266 g/mol. The summed E-state index contributed by atoms with van der Waals surface area (Å²) in [6.45, 7) is 2.71. The normalized spacial score (nSPS) is 10.7. The molecule has 4 heteroatoms. The van der Waals surface area contributed by atoms with Gasteiger partial charge in [-0.05, 0) is 24.1 Å². The van der Waals surface area contributed by atoms with Crippen molar-refractivity contribution in [1.29, 1.82) is 0 Å². The van der Waals surface area contributed by atoms with Crippen LogP contribution in [-0.2, 0) is 6.54 Å². The lowest BCUT2D eigenvalue weighted by Crippen LogP contribution is -2.01. The summed E-state index contributed by atoms with van der Waals surface area (Å²) in [6, 6.07) is 9.94. The Morgan fingerprint density at radius 1 is 1.30 bits per heavy atom. The molecule has 0 saturated heterocycles. The Balaban J connectivity index is 1.96. The average molecular weight is 266 g/mol. The Morgan fingerprint density at radius 3 is 2.85 bits per heavy atom. The summed E-state index contributed by atoms with van der Waals surface area (Å²) in [5.74, 6) is 0. The number of nitrogens with zero attached hydrogens (tertiary/aromatic N) is 2. The van der Waals surface area contributed by atoms with Crippen LogP contribution in [-0.4, -0.2) is 16.1 Å². The van der Waals surface area contributed by atoms with Crippen LogP contribution in [0.5, 0.6) is 0 Å². The smallest absolute Gasteiger partial charge is 0.153 e. The first-order valence-electron chi connectivity index (χ1n) is 6.37. The number of aryl methyl sites for hydroxylation is 1. The van der Waals surface area contributed by atoms with Gasteiger partial charge in [0, 0.05) is 11.8 Å². The van der Waals surface area contributed by atoms with Crippen molar-refractivity contribution in [3.05, 3.63) is 65.7 Å². The van der Waals surface area contributed by atoms with E-state index in [1.54, 1.807) is 29.5 Å². The highest BCUT2D eigenvalue weighted by Gasteiger charge is 2.12. The number of hydrogen-bond donors (Lipinski definition) is 0. The second kappa shape index (κ2) is 5.17. The molecule has 0 aliphatic rings. The van der Waals surface area contributed by atoms with Crippen molar-refractivity contribution in [2.45, 2.75) is 13.5 Å². The zero-order valence-electron chi connectivity index (χ0n) is 11.1. The summed E-state index contributed by atoms with van der Waals surface area (Å²) in [6.07, 6.45) is 5.75. The van der Waals surface area contributed by atoms with Crippen LogP contribution >= 0.6 is 0 Å². The third-order valence-electron chi connectivity index (χ3n) is 3.31. The predicted octanol–water partition coefficient (Wildman–Crippen LogP) is 3.31. The number of carbonyl (C=O) groups excluding carboxylic acids is 1. The number of carbonyl (C=O) groups is 1. The van der Waals surface area contributed by atoms with Crippen LogP contribution < -0.4 is 0 Å². The van der Waals surface area contributed by atoms with Crippen molar-refractivity contribution < 1.29 is 9.21 Å². The topological polar surface area (TPSA) is 48.0 Å². The van der Waals surface area contributed by atoms with Crippen molar-refractivity contribution in [2.75, 3.05) is 0 Å². The Labute approximate surface area is 116 Å². The molecule has 3 aromatic rings. The van der Waals surface area contributed by atoms with E-state index < -0.39 is 0 Å². The molecule has 1 aromatic carbocycles. The van der Waals surface area contributed by atoms with Crippen LogP contribution in [0.15, 0.2) is 53.5 Å². The first-order chi connectivity index (χ1) is 9.78. The largest absolute Gasteiger partial charge is 0.472 e. The van der Waals surface area contributed by atoms with Crippen LogP contribution in [0, 0.1) is 6.92 Å². The maximum atomic E-state index is 11.2. The molecule has 0 atom stereocenters. The highest BCUT2D eigenvalue weighted by atomic mass is 16.3. The third kappa shape index (κ3) is 2.28. The van der Waals surface area contributed by atoms with E-state index in [0.29, 0.717) is 17.8 Å². The van der Waals surface area contributed by atoms with E-state index in [1.165, 1.54) is 11.1 Å². The van der Waals surface area contributed by atoms with Crippen LogP contribution in [0.2, 0.25) is 0 Å². The zero-order chi connectivity index (χ0) is 13.9. The molecule has 0 N–H and O–H groups in total. The van der Waals surface area contributed by atoms with Gasteiger partial charge in [-0.15, -0.1) is 0 Å². The first kappa shape index (κ1) is 12.4. The van der Waals surface area contributed by atoms with Crippen molar-refractivity contribution in [2.24, 2.45) is 0 Å². The molecule has 2 aromatic heterocycles. The zero-order valence-corrected chi connectivity index (χ0v) is 11.1. The van der Waals surface area contributed by atoms with Crippen LogP contribution in [0.1, 0.15) is 21.5 Å². The number of aromatic nitrogens is 2. The van der Waals surface area contributed by atoms with E-state index in [0.717, 1.165) is 11.8 Å². The molecule has 20 heavy (non-hydrogen) atoms. The molecule has 0 spiro atoms. The van der Waals surface area contributed by atoms with Gasteiger partial charge in [0.1, 0.15) is 5.69 Å². The van der Waals surface area contributed by atoms with Crippen LogP contribution in [0.3, 0.4) is 0 Å². The summed E-state index contributed by atoms with van der Waals surface area (Å²) in [4.78, 5) is 11.2. The minimum atomic E-state index is 0.569. The fourth-order valence-corrected chi connectivity index (χ4v) is 2.19. The predicted molar refractivity (Wildman–Crippen MR) is 75.6 cm³/mol. The molecule has 3 rings (SSSR count). The molecule has 0 aliphatic carbocycles. The summed E-state index contributed by atoms with van der Waals surface area (Å²) in [5.41, 5.74) is 4.43. The van der Waals surface area contributed by atoms with Gasteiger partial charge in [-0.3, -0.25) is 9.48 Å². The fourth-order valence-electron chi connectivity index (χ4n) is 2.19. The minimum Gasteiger partial charge on any atom is -0.472 e. The van der Waals surface area contributed by atoms with E-state index in [9.17, 15) is 4.79 Å². The first-order valence-corrected chi connectivity index (χ1v) is 6.37. The summed E-state index contributed by atoms with van der Waals surface area (Å²) in [7, 11) is 0. The van der Waals surface area contributed by atoms with Gasteiger partial charge in [0.2, 0.25) is 0 Å². The van der Waals surface area contributed by atoms with Gasteiger partial charge >= 0.3 is 0 Å². The molecule has 0 amide bonds. The molecular formula is C16H14N2O2. The van der Waals surface area contributed by atoms with E-state index in [1.807, 2.05) is 12.1 Å². The molecule has 100 valence electrons. The average Bonchev–Trinajstić information content (AvgIpc) is 3.09. The Kier molecular flexibility index (Phi) is 3.21. The van der Waals surface area contributed by atoms with Crippen molar-refractivity contribution >= 4 is 6.29 Å². The fraction of sp³-hybridized carbons (Fsp3) is 0.125. The number of furan rings is 1. The molecule has 0 aliphatic heterocycles. The third-order valence-corrected chi connectivity index (χ3v) is 3.31. The van der Waals surface area contributed by atoms with E-state index >= 15 is 0 Å². The molecule has 0 saturated carbocycles.